The van der Waals surface area contributed by atoms with Gasteiger partial charge < -0.3 is 15.0 Å². The van der Waals surface area contributed by atoms with E-state index in [9.17, 15) is 35.9 Å². The van der Waals surface area contributed by atoms with Crippen molar-refractivity contribution in [2.75, 3.05) is 17.3 Å². The van der Waals surface area contributed by atoms with Crippen LogP contribution in [0, 0.1) is 0 Å². The van der Waals surface area contributed by atoms with Gasteiger partial charge in [0.15, 0.2) is 17.3 Å². The number of ether oxygens (including phenoxy) is 1. The summed E-state index contributed by atoms with van der Waals surface area (Å²) in [6.07, 6.45) is -5.21. The topological polar surface area (TPSA) is 133 Å². The first kappa shape index (κ1) is 31.3. The number of hydrogen-bond acceptors (Lipinski definition) is 8. The summed E-state index contributed by atoms with van der Waals surface area (Å²) in [7, 11) is 1.52. The molecule has 248 valence electrons. The lowest BCUT2D eigenvalue weighted by atomic mass is 10.1. The maximum absolute atomic E-state index is 14.6. The van der Waals surface area contributed by atoms with Crippen LogP contribution in [0.2, 0.25) is 0 Å². The van der Waals surface area contributed by atoms with Crippen LogP contribution in [0.4, 0.5) is 37.7 Å². The molecule has 12 nitrogen and oxygen atoms in total. The first-order chi connectivity index (χ1) is 23.3. The minimum Gasteiger partial charge on any atom is -0.497 e. The van der Waals surface area contributed by atoms with E-state index in [2.05, 4.69) is 25.3 Å². The SMILES string of the molecule is COc1ccc(CN2C(=O)c3cccc4c(-n5ncc(C(=O)Nc6cnc(-n7nccn7)c(C(F)(F)F)c6)c5C(F)(F)F)ncc2c34)cc1. The van der Waals surface area contributed by atoms with E-state index in [1.807, 2.05) is 5.32 Å². The lowest BCUT2D eigenvalue weighted by Gasteiger charge is -2.18. The van der Waals surface area contributed by atoms with E-state index in [1.165, 1.54) is 36.4 Å². The average Bonchev–Trinajstić information content (AvgIpc) is 3.82. The molecule has 1 aliphatic rings. The Bertz CT molecular complexity index is 2250. The van der Waals surface area contributed by atoms with Gasteiger partial charge in [-0.2, -0.15) is 41.6 Å². The molecule has 0 bridgehead atoms. The van der Waals surface area contributed by atoms with E-state index in [-0.39, 0.29) is 23.3 Å². The van der Waals surface area contributed by atoms with Crippen molar-refractivity contribution in [3.8, 4) is 17.4 Å². The quantitative estimate of drug-likeness (QED) is 0.208. The summed E-state index contributed by atoms with van der Waals surface area (Å²) in [6, 6.07) is 12.0. The predicted molar refractivity (Wildman–Crippen MR) is 159 cm³/mol. The van der Waals surface area contributed by atoms with Crippen molar-refractivity contribution < 1.29 is 40.7 Å². The molecule has 2 aromatic carbocycles. The van der Waals surface area contributed by atoms with Crippen LogP contribution in [0.5, 0.6) is 5.75 Å². The van der Waals surface area contributed by atoms with Gasteiger partial charge in [-0.1, -0.05) is 24.3 Å². The Hall–Kier alpha value is -6.33. The van der Waals surface area contributed by atoms with Gasteiger partial charge in [0.1, 0.15) is 11.3 Å². The Balaban J connectivity index is 1.26. The fraction of sp³-hybridized carbons (Fsp3) is 0.129. The number of nitrogens with zero attached hydrogens (tertiary/aromatic N) is 8. The molecule has 5 heterocycles. The Labute approximate surface area is 270 Å². The predicted octanol–water partition coefficient (Wildman–Crippen LogP) is 5.86. The highest BCUT2D eigenvalue weighted by Gasteiger charge is 2.42. The molecule has 18 heteroatoms. The Kier molecular flexibility index (Phi) is 7.29. The second-order valence-electron chi connectivity index (χ2n) is 10.6. The zero-order chi connectivity index (χ0) is 34.7. The van der Waals surface area contributed by atoms with Crippen LogP contribution in [0.15, 0.2) is 79.5 Å². The second-order valence-corrected chi connectivity index (χ2v) is 10.6. The highest BCUT2D eigenvalue weighted by Crippen LogP contribution is 2.42. The zero-order valence-corrected chi connectivity index (χ0v) is 24.8. The average molecular weight is 680 g/mol. The fourth-order valence-electron chi connectivity index (χ4n) is 5.51. The van der Waals surface area contributed by atoms with Crippen LogP contribution in [0.1, 0.15) is 37.5 Å². The third-order valence-electron chi connectivity index (χ3n) is 7.66. The number of halogens is 6. The van der Waals surface area contributed by atoms with Crippen molar-refractivity contribution in [3.63, 3.8) is 0 Å². The van der Waals surface area contributed by atoms with Crippen molar-refractivity contribution in [2.24, 2.45) is 0 Å². The lowest BCUT2D eigenvalue weighted by molar-refractivity contribution is -0.143. The van der Waals surface area contributed by atoms with Crippen LogP contribution in [-0.4, -0.2) is 53.7 Å². The minimum atomic E-state index is -5.19. The number of carbonyl (C=O) groups excluding carboxylic acids is 2. The molecule has 0 unspecified atom stereocenters. The van der Waals surface area contributed by atoms with Gasteiger partial charge in [0.05, 0.1) is 67.1 Å². The molecule has 0 saturated heterocycles. The summed E-state index contributed by atoms with van der Waals surface area (Å²) in [5, 5.41) is 13.6. The highest BCUT2D eigenvalue weighted by atomic mass is 19.4. The van der Waals surface area contributed by atoms with E-state index >= 15 is 0 Å². The van der Waals surface area contributed by atoms with Gasteiger partial charge in [-0.25, -0.2) is 14.6 Å². The standard InChI is InChI=1S/C31H19F6N9O3/c1-49-18-7-5-16(6-8-18)15-44-23-14-39-26(19-3-2-4-20(24(19)23)29(44)48)45-25(31(35,36)37)21(13-42-45)28(47)43-17-11-22(30(32,33)34)27(38-12-17)46-40-9-10-41-46/h2-14H,15H2,1H3,(H,43,47). The van der Waals surface area contributed by atoms with E-state index < -0.39 is 52.5 Å². The smallest absolute Gasteiger partial charge is 0.434 e. The largest absolute Gasteiger partial charge is 0.497 e. The van der Waals surface area contributed by atoms with Crippen LogP contribution < -0.4 is 15.0 Å². The number of hydrogen-bond donors (Lipinski definition) is 1. The molecule has 6 aromatic rings. The van der Waals surface area contributed by atoms with E-state index in [1.54, 1.807) is 24.3 Å². The van der Waals surface area contributed by atoms with Crippen LogP contribution in [-0.2, 0) is 18.9 Å². The summed E-state index contributed by atoms with van der Waals surface area (Å²) in [4.78, 5) is 36.6. The maximum Gasteiger partial charge on any atom is 0.434 e. The molecule has 0 radical (unpaired) electrons. The number of aromatic nitrogens is 7. The first-order valence-corrected chi connectivity index (χ1v) is 14.1. The molecule has 2 amide bonds. The van der Waals surface area contributed by atoms with Crippen molar-refractivity contribution in [1.29, 1.82) is 0 Å². The summed E-state index contributed by atoms with van der Waals surface area (Å²) in [6.45, 7) is 0.137. The van der Waals surface area contributed by atoms with E-state index in [0.717, 1.165) is 24.2 Å². The van der Waals surface area contributed by atoms with Crippen molar-refractivity contribution in [3.05, 3.63) is 107 Å². The number of rotatable bonds is 7. The van der Waals surface area contributed by atoms with Crippen molar-refractivity contribution >= 4 is 34.0 Å². The van der Waals surface area contributed by atoms with Gasteiger partial charge in [0.25, 0.3) is 11.8 Å². The molecule has 1 N–H and O–H groups in total. The Morgan fingerprint density at radius 3 is 2.27 bits per heavy atom. The molecule has 0 fully saturated rings. The van der Waals surface area contributed by atoms with Gasteiger partial charge in [-0.15, -0.1) is 4.80 Å². The number of anilines is 2. The van der Waals surface area contributed by atoms with Gasteiger partial charge in [-0.3, -0.25) is 9.59 Å². The molecule has 0 atom stereocenters. The fourth-order valence-corrected chi connectivity index (χ4v) is 5.51. The third kappa shape index (κ3) is 5.45. The Morgan fingerprint density at radius 2 is 1.59 bits per heavy atom. The van der Waals surface area contributed by atoms with Gasteiger partial charge >= 0.3 is 12.4 Å². The number of amides is 2. The summed E-state index contributed by atoms with van der Waals surface area (Å²) in [5.41, 5.74) is -3.10. The molecule has 0 aliphatic carbocycles. The van der Waals surface area contributed by atoms with Crippen molar-refractivity contribution in [1.82, 2.24) is 34.7 Å². The van der Waals surface area contributed by atoms with Crippen LogP contribution >= 0.6 is 0 Å². The first-order valence-electron chi connectivity index (χ1n) is 14.1. The van der Waals surface area contributed by atoms with Gasteiger partial charge in [-0.05, 0) is 29.8 Å². The third-order valence-corrected chi connectivity index (χ3v) is 7.66. The molecule has 7 rings (SSSR count). The maximum atomic E-state index is 14.6. The number of pyridine rings is 2. The molecular formula is C31H19F6N9O3. The van der Waals surface area contributed by atoms with Gasteiger partial charge in [0, 0.05) is 10.8 Å². The molecule has 4 aromatic heterocycles. The molecular weight excluding hydrogens is 660 g/mol. The summed E-state index contributed by atoms with van der Waals surface area (Å²) in [5.74, 6) is -2.23. The monoisotopic (exact) mass is 679 g/mol. The minimum absolute atomic E-state index is 0.137. The second kappa shape index (κ2) is 11.4. The van der Waals surface area contributed by atoms with E-state index in [4.69, 9.17) is 4.74 Å². The number of benzene rings is 2. The lowest BCUT2D eigenvalue weighted by Crippen LogP contribution is -2.26. The van der Waals surface area contributed by atoms with E-state index in [0.29, 0.717) is 38.6 Å². The molecule has 1 aliphatic heterocycles. The number of methoxy groups -OCH3 is 1. The zero-order valence-electron chi connectivity index (χ0n) is 24.8. The number of nitrogens with one attached hydrogen (secondary N) is 1. The normalized spacial score (nSPS) is 13.0. The molecule has 0 saturated carbocycles. The molecule has 49 heavy (non-hydrogen) atoms. The van der Waals surface area contributed by atoms with Crippen LogP contribution in [0.3, 0.4) is 0 Å². The highest BCUT2D eigenvalue weighted by molar-refractivity contribution is 6.25. The summed E-state index contributed by atoms with van der Waals surface area (Å²) < 4.78 is 91.0. The molecule has 0 spiro atoms. The summed E-state index contributed by atoms with van der Waals surface area (Å²) >= 11 is 0. The van der Waals surface area contributed by atoms with Gasteiger partial charge in [0.2, 0.25) is 0 Å². The van der Waals surface area contributed by atoms with Crippen LogP contribution in [0.25, 0.3) is 22.4 Å². The van der Waals surface area contributed by atoms with Crippen molar-refractivity contribution in [2.45, 2.75) is 18.9 Å². The number of carbonyl (C=O) groups is 2. The number of alkyl halides is 6. The Morgan fingerprint density at radius 1 is 0.878 bits per heavy atom.